The minimum absolute atomic E-state index is 0.0649. The highest BCUT2D eigenvalue weighted by Crippen LogP contribution is 2.60. The van der Waals surface area contributed by atoms with Gasteiger partial charge in [-0.3, -0.25) is 4.79 Å². The Morgan fingerprint density at radius 3 is 2.82 bits per heavy atom. The van der Waals surface area contributed by atoms with Crippen LogP contribution in [0.15, 0.2) is 11.6 Å². The van der Waals surface area contributed by atoms with Crippen LogP contribution in [0.4, 0.5) is 0 Å². The lowest BCUT2D eigenvalue weighted by Crippen LogP contribution is -2.30. The van der Waals surface area contributed by atoms with Crippen LogP contribution in [0.3, 0.4) is 0 Å². The molecular weight excluding hydrogens is 276 g/mol. The molecule has 2 heterocycles. The van der Waals surface area contributed by atoms with Crippen LogP contribution in [0.5, 0.6) is 0 Å². The Morgan fingerprint density at radius 2 is 2.14 bits per heavy atom. The van der Waals surface area contributed by atoms with E-state index in [1.165, 1.54) is 5.57 Å². The molecule has 3 rings (SSSR count). The summed E-state index contributed by atoms with van der Waals surface area (Å²) < 4.78 is 2.16. The number of aromatic nitrogens is 3. The molecule has 1 fully saturated rings. The number of fused-ring (bicyclic) bond motifs is 1. The van der Waals surface area contributed by atoms with E-state index in [-0.39, 0.29) is 17.2 Å². The number of rotatable bonds is 4. The maximum atomic E-state index is 12.8. The standard InChI is InChI=1S/C17H26N4O/c1-11(2)9-12-15(17(12,3)4)16(22)20(5)10-14-19-18-13-7-6-8-21(13)14/h9,12,15H,6-8,10H2,1-5H3/t12-,15+/m0/s1. The van der Waals surface area contributed by atoms with Gasteiger partial charge in [-0.25, -0.2) is 0 Å². The maximum absolute atomic E-state index is 12.8. The van der Waals surface area contributed by atoms with Crippen molar-refractivity contribution in [1.82, 2.24) is 19.7 Å². The normalized spacial score (nSPS) is 24.8. The molecule has 0 unspecified atom stereocenters. The molecule has 0 saturated heterocycles. The first-order valence-corrected chi connectivity index (χ1v) is 8.13. The third-order valence-corrected chi connectivity index (χ3v) is 5.13. The van der Waals surface area contributed by atoms with Gasteiger partial charge in [-0.05, 0) is 31.6 Å². The lowest BCUT2D eigenvalue weighted by Gasteiger charge is -2.17. The Bertz CT molecular complexity index is 625. The van der Waals surface area contributed by atoms with Crippen LogP contribution in [0.25, 0.3) is 0 Å². The minimum atomic E-state index is 0.0649. The van der Waals surface area contributed by atoms with Crippen molar-refractivity contribution in [2.24, 2.45) is 17.3 Å². The fourth-order valence-corrected chi connectivity index (χ4v) is 3.67. The van der Waals surface area contributed by atoms with Crippen molar-refractivity contribution in [3.8, 4) is 0 Å². The predicted octanol–water partition coefficient (Wildman–Crippen LogP) is 2.42. The second-order valence-corrected chi connectivity index (χ2v) is 7.55. The summed E-state index contributed by atoms with van der Waals surface area (Å²) in [4.78, 5) is 14.6. The molecule has 0 radical (unpaired) electrons. The van der Waals surface area contributed by atoms with Gasteiger partial charge >= 0.3 is 0 Å². The first-order chi connectivity index (χ1) is 10.3. The number of hydrogen-bond donors (Lipinski definition) is 0. The molecule has 5 nitrogen and oxygen atoms in total. The molecule has 0 bridgehead atoms. The van der Waals surface area contributed by atoms with Crippen LogP contribution in [0, 0.1) is 17.3 Å². The van der Waals surface area contributed by atoms with E-state index in [0.29, 0.717) is 12.5 Å². The summed E-state index contributed by atoms with van der Waals surface area (Å²) in [6.07, 6.45) is 4.38. The van der Waals surface area contributed by atoms with Crippen molar-refractivity contribution in [2.75, 3.05) is 7.05 Å². The van der Waals surface area contributed by atoms with Gasteiger partial charge in [0.25, 0.3) is 0 Å². The molecule has 1 aromatic rings. The van der Waals surface area contributed by atoms with Crippen molar-refractivity contribution < 1.29 is 4.79 Å². The van der Waals surface area contributed by atoms with Gasteiger partial charge in [0.05, 0.1) is 12.5 Å². The van der Waals surface area contributed by atoms with E-state index in [2.05, 4.69) is 48.5 Å². The molecule has 2 atom stereocenters. The van der Waals surface area contributed by atoms with Crippen LogP contribution in [0.1, 0.15) is 45.8 Å². The average molecular weight is 302 g/mol. The van der Waals surface area contributed by atoms with Gasteiger partial charge < -0.3 is 9.47 Å². The van der Waals surface area contributed by atoms with Gasteiger partial charge in [0.2, 0.25) is 5.91 Å². The zero-order chi connectivity index (χ0) is 16.1. The van der Waals surface area contributed by atoms with Crippen LogP contribution < -0.4 is 0 Å². The van der Waals surface area contributed by atoms with E-state index >= 15 is 0 Å². The number of allylic oxidation sites excluding steroid dienone is 2. The van der Waals surface area contributed by atoms with Crippen molar-refractivity contribution >= 4 is 5.91 Å². The highest BCUT2D eigenvalue weighted by molar-refractivity contribution is 5.83. The SMILES string of the molecule is CC(C)=C[C@H]1[C@H](C(=O)N(C)Cc2nnc3n2CCC3)C1(C)C. The van der Waals surface area contributed by atoms with Crippen molar-refractivity contribution in [3.63, 3.8) is 0 Å². The van der Waals surface area contributed by atoms with Crippen LogP contribution in [-0.4, -0.2) is 32.6 Å². The van der Waals surface area contributed by atoms with E-state index < -0.39 is 0 Å². The van der Waals surface area contributed by atoms with Gasteiger partial charge in [0.1, 0.15) is 5.82 Å². The van der Waals surface area contributed by atoms with E-state index in [4.69, 9.17) is 0 Å². The lowest BCUT2D eigenvalue weighted by molar-refractivity contribution is -0.132. The molecule has 1 aliphatic carbocycles. The second kappa shape index (κ2) is 5.21. The van der Waals surface area contributed by atoms with Crippen LogP contribution >= 0.6 is 0 Å². The number of hydrogen-bond acceptors (Lipinski definition) is 3. The maximum Gasteiger partial charge on any atom is 0.227 e. The molecule has 2 aliphatic rings. The van der Waals surface area contributed by atoms with Crippen LogP contribution in [-0.2, 0) is 24.3 Å². The Labute approximate surface area is 132 Å². The molecule has 0 N–H and O–H groups in total. The van der Waals surface area contributed by atoms with E-state index in [0.717, 1.165) is 31.0 Å². The first-order valence-electron chi connectivity index (χ1n) is 8.13. The van der Waals surface area contributed by atoms with Gasteiger partial charge in [-0.1, -0.05) is 25.5 Å². The number of carbonyl (C=O) groups is 1. The Kier molecular flexibility index (Phi) is 3.62. The average Bonchev–Trinajstić information content (AvgIpc) is 2.83. The van der Waals surface area contributed by atoms with Gasteiger partial charge in [0.15, 0.2) is 5.82 Å². The molecule has 5 heteroatoms. The summed E-state index contributed by atoms with van der Waals surface area (Å²) in [5.74, 6) is 2.65. The summed E-state index contributed by atoms with van der Waals surface area (Å²) in [7, 11) is 1.88. The topological polar surface area (TPSA) is 51.0 Å². The molecular formula is C17H26N4O. The fourth-order valence-electron chi connectivity index (χ4n) is 3.67. The van der Waals surface area contributed by atoms with E-state index in [9.17, 15) is 4.79 Å². The van der Waals surface area contributed by atoms with Gasteiger partial charge in [-0.2, -0.15) is 0 Å². The van der Waals surface area contributed by atoms with Gasteiger partial charge in [-0.15, -0.1) is 10.2 Å². The molecule has 0 spiro atoms. The zero-order valence-electron chi connectivity index (χ0n) is 14.3. The Morgan fingerprint density at radius 1 is 1.41 bits per heavy atom. The fraction of sp³-hybridized carbons (Fsp3) is 0.706. The first kappa shape index (κ1) is 15.3. The Hall–Kier alpha value is -1.65. The van der Waals surface area contributed by atoms with Crippen molar-refractivity contribution in [2.45, 2.75) is 53.6 Å². The molecule has 1 amide bonds. The number of aryl methyl sites for hydroxylation is 1. The molecule has 22 heavy (non-hydrogen) atoms. The number of carbonyl (C=O) groups excluding carboxylic acids is 1. The molecule has 0 aromatic carbocycles. The van der Waals surface area contributed by atoms with E-state index in [1.54, 1.807) is 0 Å². The van der Waals surface area contributed by atoms with E-state index in [1.807, 2.05) is 11.9 Å². The highest BCUT2D eigenvalue weighted by Gasteiger charge is 2.60. The third-order valence-electron chi connectivity index (χ3n) is 5.13. The molecule has 120 valence electrons. The lowest BCUT2D eigenvalue weighted by atomic mass is 10.1. The summed E-state index contributed by atoms with van der Waals surface area (Å²) in [5, 5.41) is 8.47. The quantitative estimate of drug-likeness (QED) is 0.803. The minimum Gasteiger partial charge on any atom is -0.338 e. The zero-order valence-corrected chi connectivity index (χ0v) is 14.3. The molecule has 1 saturated carbocycles. The third kappa shape index (κ3) is 2.46. The van der Waals surface area contributed by atoms with Gasteiger partial charge in [0, 0.05) is 20.0 Å². The summed E-state index contributed by atoms with van der Waals surface area (Å²) >= 11 is 0. The predicted molar refractivity (Wildman–Crippen MR) is 85.0 cm³/mol. The summed E-state index contributed by atoms with van der Waals surface area (Å²) in [6, 6.07) is 0. The van der Waals surface area contributed by atoms with Crippen molar-refractivity contribution in [1.29, 1.82) is 0 Å². The monoisotopic (exact) mass is 302 g/mol. The largest absolute Gasteiger partial charge is 0.338 e. The highest BCUT2D eigenvalue weighted by atomic mass is 16.2. The second-order valence-electron chi connectivity index (χ2n) is 7.55. The molecule has 1 aliphatic heterocycles. The smallest absolute Gasteiger partial charge is 0.227 e. The number of nitrogens with zero attached hydrogens (tertiary/aromatic N) is 4. The summed E-state index contributed by atoms with van der Waals surface area (Å²) in [5.41, 5.74) is 1.35. The number of amides is 1. The summed E-state index contributed by atoms with van der Waals surface area (Å²) in [6.45, 7) is 10.1. The van der Waals surface area contributed by atoms with Crippen LogP contribution in [0.2, 0.25) is 0 Å². The Balaban J connectivity index is 1.69. The molecule has 1 aromatic heterocycles. The van der Waals surface area contributed by atoms with Crippen molar-refractivity contribution in [3.05, 3.63) is 23.3 Å².